The summed E-state index contributed by atoms with van der Waals surface area (Å²) in [5.74, 6) is -1.34. The lowest BCUT2D eigenvalue weighted by Gasteiger charge is -2.46. The van der Waals surface area contributed by atoms with Gasteiger partial charge < -0.3 is 26.2 Å². The zero-order chi connectivity index (χ0) is 18.0. The van der Waals surface area contributed by atoms with Crippen LogP contribution in [0, 0.1) is 17.8 Å². The summed E-state index contributed by atoms with van der Waals surface area (Å²) in [5.41, 5.74) is 6.06. The average molecular weight is 367 g/mol. The van der Waals surface area contributed by atoms with Gasteiger partial charge in [0.15, 0.2) is 0 Å². The minimum Gasteiger partial charge on any atom is -0.477 e. The predicted molar refractivity (Wildman–Crippen MR) is 93.5 cm³/mol. The molecule has 138 valence electrons. The Labute approximate surface area is 151 Å². The molecule has 8 atom stereocenters. The summed E-state index contributed by atoms with van der Waals surface area (Å²) in [6.45, 7) is 4.40. The molecule has 3 heterocycles. The molecule has 0 radical (unpaired) electrons. The SMILES string of the molecule is C[C@@H](O)[C@H]1C(=O)N2C(C(=O)O)=C(S[C@@H]3CN[C@H](C4CC4N)C3)[C@H](C)[C@H]12. The summed E-state index contributed by atoms with van der Waals surface area (Å²) in [5, 5.41) is 23.4. The first-order valence-electron chi connectivity index (χ1n) is 8.95. The maximum Gasteiger partial charge on any atom is 0.353 e. The van der Waals surface area contributed by atoms with Crippen molar-refractivity contribution in [1.82, 2.24) is 10.2 Å². The van der Waals surface area contributed by atoms with E-state index in [1.807, 2.05) is 6.92 Å². The number of hydrogen-bond donors (Lipinski definition) is 4. The summed E-state index contributed by atoms with van der Waals surface area (Å²) in [7, 11) is 0. The second-order valence-electron chi connectivity index (χ2n) is 7.83. The fourth-order valence-electron chi connectivity index (χ4n) is 4.71. The molecule has 8 heteroatoms. The number of aliphatic hydroxyl groups excluding tert-OH is 1. The molecule has 1 aliphatic carbocycles. The smallest absolute Gasteiger partial charge is 0.353 e. The highest BCUT2D eigenvalue weighted by atomic mass is 32.2. The predicted octanol–water partition coefficient (Wildman–Crippen LogP) is -0.0490. The van der Waals surface area contributed by atoms with E-state index in [1.54, 1.807) is 18.7 Å². The highest BCUT2D eigenvalue weighted by molar-refractivity contribution is 8.03. The van der Waals surface area contributed by atoms with E-state index in [9.17, 15) is 19.8 Å². The van der Waals surface area contributed by atoms with Crippen molar-refractivity contribution in [1.29, 1.82) is 0 Å². The molecular formula is C17H25N3O4S. The Morgan fingerprint density at radius 2 is 2.12 bits per heavy atom. The van der Waals surface area contributed by atoms with Crippen molar-refractivity contribution in [2.75, 3.05) is 6.54 Å². The van der Waals surface area contributed by atoms with Crippen LogP contribution in [0.3, 0.4) is 0 Å². The number of nitrogens with zero attached hydrogens (tertiary/aromatic N) is 1. The van der Waals surface area contributed by atoms with E-state index in [4.69, 9.17) is 5.73 Å². The Kier molecular flexibility index (Phi) is 4.14. The molecule has 0 bridgehead atoms. The minimum absolute atomic E-state index is 0.0596. The number of fused-ring (bicyclic) bond motifs is 1. The van der Waals surface area contributed by atoms with Crippen molar-refractivity contribution in [3.8, 4) is 0 Å². The Morgan fingerprint density at radius 3 is 2.68 bits per heavy atom. The van der Waals surface area contributed by atoms with Crippen LogP contribution in [0.5, 0.6) is 0 Å². The molecule has 1 amide bonds. The van der Waals surface area contributed by atoms with Crippen LogP contribution < -0.4 is 11.1 Å². The first-order valence-corrected chi connectivity index (χ1v) is 9.83. The van der Waals surface area contributed by atoms with Crippen LogP contribution in [-0.2, 0) is 9.59 Å². The van der Waals surface area contributed by atoms with Crippen LogP contribution in [0.25, 0.3) is 0 Å². The van der Waals surface area contributed by atoms with E-state index in [-0.39, 0.29) is 23.6 Å². The van der Waals surface area contributed by atoms with Crippen LogP contribution in [0.15, 0.2) is 10.6 Å². The van der Waals surface area contributed by atoms with Crippen LogP contribution in [0.4, 0.5) is 0 Å². The van der Waals surface area contributed by atoms with E-state index in [0.717, 1.165) is 24.3 Å². The van der Waals surface area contributed by atoms with Crippen molar-refractivity contribution in [2.45, 2.75) is 56.2 Å². The Bertz CT molecular complexity index is 652. The second kappa shape index (κ2) is 5.97. The van der Waals surface area contributed by atoms with Crippen molar-refractivity contribution >= 4 is 23.6 Å². The second-order valence-corrected chi connectivity index (χ2v) is 9.17. The summed E-state index contributed by atoms with van der Waals surface area (Å²) < 4.78 is 0. The third-order valence-electron chi connectivity index (χ3n) is 6.14. The molecule has 3 fully saturated rings. The monoisotopic (exact) mass is 367 g/mol. The number of nitrogens with two attached hydrogens (primary N) is 1. The molecule has 0 aromatic rings. The number of hydrogen-bond acceptors (Lipinski definition) is 6. The fourth-order valence-corrected chi connectivity index (χ4v) is 6.20. The molecule has 25 heavy (non-hydrogen) atoms. The van der Waals surface area contributed by atoms with Crippen molar-refractivity contribution in [3.63, 3.8) is 0 Å². The number of carbonyl (C=O) groups excluding carboxylic acids is 1. The number of rotatable bonds is 5. The number of aliphatic hydroxyl groups is 1. The Morgan fingerprint density at radius 1 is 1.44 bits per heavy atom. The molecule has 0 aromatic carbocycles. The third kappa shape index (κ3) is 2.61. The average Bonchev–Trinajstić information content (AvgIpc) is 2.99. The fraction of sp³-hybridized carbons (Fsp3) is 0.765. The number of carboxylic acid groups (broad SMARTS) is 1. The van der Waals surface area contributed by atoms with E-state index in [2.05, 4.69) is 5.32 Å². The van der Waals surface area contributed by atoms with Gasteiger partial charge in [0.2, 0.25) is 5.91 Å². The molecule has 3 aliphatic heterocycles. The zero-order valence-corrected chi connectivity index (χ0v) is 15.2. The summed E-state index contributed by atoms with van der Waals surface area (Å²) in [6.07, 6.45) is 1.28. The van der Waals surface area contributed by atoms with Gasteiger partial charge in [-0.25, -0.2) is 4.79 Å². The molecule has 7 nitrogen and oxygen atoms in total. The number of thioether (sulfide) groups is 1. The number of β-lactam (4-membered cyclic amide) rings is 1. The number of carboxylic acids is 1. The van der Waals surface area contributed by atoms with E-state index < -0.39 is 18.0 Å². The van der Waals surface area contributed by atoms with E-state index in [1.165, 1.54) is 4.90 Å². The standard InChI is InChI=1S/C17H25N3O4S/c1-6-13-12(7(2)21)16(22)20(13)14(17(23)24)15(6)25-8-3-11(19-5-8)9-4-10(9)18/h6-13,19,21H,3-5,18H2,1-2H3,(H,23,24)/t6-,7-,8+,9?,10?,11+,12-,13-/m1/s1. The molecule has 2 saturated heterocycles. The summed E-state index contributed by atoms with van der Waals surface area (Å²) in [6, 6.07) is 0.483. The van der Waals surface area contributed by atoms with Crippen molar-refractivity contribution in [2.24, 2.45) is 23.5 Å². The van der Waals surface area contributed by atoms with Crippen LogP contribution >= 0.6 is 11.8 Å². The minimum atomic E-state index is -1.05. The van der Waals surface area contributed by atoms with E-state index >= 15 is 0 Å². The van der Waals surface area contributed by atoms with Crippen molar-refractivity contribution < 1.29 is 19.8 Å². The van der Waals surface area contributed by atoms with Gasteiger partial charge in [0.25, 0.3) is 0 Å². The molecule has 5 N–H and O–H groups in total. The molecule has 4 rings (SSSR count). The highest BCUT2D eigenvalue weighted by Gasteiger charge is 2.60. The normalized spacial score (nSPS) is 43.9. The quantitative estimate of drug-likeness (QED) is 0.504. The van der Waals surface area contributed by atoms with Gasteiger partial charge in [-0.15, -0.1) is 11.8 Å². The first kappa shape index (κ1) is 17.3. The zero-order valence-electron chi connectivity index (χ0n) is 14.4. The number of amides is 1. The van der Waals surface area contributed by atoms with E-state index in [0.29, 0.717) is 23.3 Å². The maximum atomic E-state index is 12.3. The van der Waals surface area contributed by atoms with Gasteiger partial charge in [-0.3, -0.25) is 4.79 Å². The molecule has 4 aliphatic rings. The molecule has 1 saturated carbocycles. The maximum absolute atomic E-state index is 12.3. The van der Waals surface area contributed by atoms with Gasteiger partial charge in [0.05, 0.1) is 18.1 Å². The Hall–Kier alpha value is -1.09. The number of carbonyl (C=O) groups is 2. The largest absolute Gasteiger partial charge is 0.477 e. The third-order valence-corrected chi connectivity index (χ3v) is 7.65. The van der Waals surface area contributed by atoms with Gasteiger partial charge in [-0.2, -0.15) is 0 Å². The van der Waals surface area contributed by atoms with Crippen LogP contribution in [-0.4, -0.2) is 63.0 Å². The van der Waals surface area contributed by atoms with Gasteiger partial charge in [-0.1, -0.05) is 6.92 Å². The number of nitrogens with one attached hydrogen (secondary N) is 1. The van der Waals surface area contributed by atoms with Gasteiger partial charge in [-0.05, 0) is 25.7 Å². The molecule has 0 spiro atoms. The van der Waals surface area contributed by atoms with Gasteiger partial charge in [0.1, 0.15) is 5.70 Å². The lowest BCUT2D eigenvalue weighted by molar-refractivity contribution is -0.163. The number of aliphatic carboxylic acids is 1. The molecular weight excluding hydrogens is 342 g/mol. The summed E-state index contributed by atoms with van der Waals surface area (Å²) >= 11 is 1.59. The first-order chi connectivity index (χ1) is 11.8. The Balaban J connectivity index is 1.52. The molecule has 2 unspecified atom stereocenters. The molecule has 0 aromatic heterocycles. The lowest BCUT2D eigenvalue weighted by atomic mass is 9.79. The summed E-state index contributed by atoms with van der Waals surface area (Å²) in [4.78, 5) is 26.3. The van der Waals surface area contributed by atoms with Crippen LogP contribution in [0.1, 0.15) is 26.7 Å². The van der Waals surface area contributed by atoms with Crippen LogP contribution in [0.2, 0.25) is 0 Å². The lowest BCUT2D eigenvalue weighted by Crippen LogP contribution is -2.63. The van der Waals surface area contributed by atoms with Gasteiger partial charge in [0, 0.05) is 34.7 Å². The van der Waals surface area contributed by atoms with Crippen molar-refractivity contribution in [3.05, 3.63) is 10.6 Å². The van der Waals surface area contributed by atoms with Gasteiger partial charge >= 0.3 is 5.97 Å². The topological polar surface area (TPSA) is 116 Å². The highest BCUT2D eigenvalue weighted by Crippen LogP contribution is 2.52.